The predicted molar refractivity (Wildman–Crippen MR) is 79.8 cm³/mol. The summed E-state index contributed by atoms with van der Waals surface area (Å²) in [6.45, 7) is 7.96. The molecule has 2 aromatic rings. The third-order valence-electron chi connectivity index (χ3n) is 2.89. The molecule has 5 nitrogen and oxygen atoms in total. The monoisotopic (exact) mass is 283 g/mol. The Morgan fingerprint density at radius 2 is 2.00 bits per heavy atom. The summed E-state index contributed by atoms with van der Waals surface area (Å²) in [7, 11) is 1.93. The fourth-order valence-electron chi connectivity index (χ4n) is 2.11. The van der Waals surface area contributed by atoms with E-state index in [4.69, 9.17) is 0 Å². The highest BCUT2D eigenvalue weighted by molar-refractivity contribution is 5.85. The van der Waals surface area contributed by atoms with Crippen molar-refractivity contribution in [3.05, 3.63) is 29.3 Å². The zero-order chi connectivity index (χ0) is 13.1. The van der Waals surface area contributed by atoms with Gasteiger partial charge in [-0.2, -0.15) is 10.2 Å². The van der Waals surface area contributed by atoms with Crippen molar-refractivity contribution >= 4 is 18.1 Å². The maximum atomic E-state index is 4.50. The Balaban J connectivity index is 0.00000180. The first-order valence-electron chi connectivity index (χ1n) is 6.37. The van der Waals surface area contributed by atoms with Crippen LogP contribution >= 0.6 is 12.4 Å². The lowest BCUT2D eigenvalue weighted by atomic mass is 10.3. The average molecular weight is 284 g/mol. The molecular formula is C13H22ClN5. The van der Waals surface area contributed by atoms with Gasteiger partial charge >= 0.3 is 0 Å². The second kappa shape index (κ2) is 6.61. The summed E-state index contributed by atoms with van der Waals surface area (Å²) in [5, 5.41) is 12.2. The SMILES string of the molecule is CCCn1nc(C)cc1CNc1cn(C)nc1C.Cl. The van der Waals surface area contributed by atoms with Gasteiger partial charge in [0.25, 0.3) is 0 Å². The van der Waals surface area contributed by atoms with Crippen LogP contribution in [0.4, 0.5) is 5.69 Å². The van der Waals surface area contributed by atoms with Gasteiger partial charge < -0.3 is 5.32 Å². The lowest BCUT2D eigenvalue weighted by molar-refractivity contribution is 0.575. The van der Waals surface area contributed by atoms with Crippen LogP contribution < -0.4 is 5.32 Å². The first-order valence-corrected chi connectivity index (χ1v) is 6.37. The van der Waals surface area contributed by atoms with Crippen molar-refractivity contribution in [1.82, 2.24) is 19.6 Å². The number of aromatic nitrogens is 4. The maximum Gasteiger partial charge on any atom is 0.0825 e. The molecule has 6 heteroatoms. The number of nitrogens with zero attached hydrogens (tertiary/aromatic N) is 4. The number of rotatable bonds is 5. The number of hydrogen-bond donors (Lipinski definition) is 1. The smallest absolute Gasteiger partial charge is 0.0825 e. The molecule has 106 valence electrons. The second-order valence-electron chi connectivity index (χ2n) is 4.66. The van der Waals surface area contributed by atoms with Gasteiger partial charge in [0.1, 0.15) is 0 Å². The van der Waals surface area contributed by atoms with E-state index in [-0.39, 0.29) is 12.4 Å². The van der Waals surface area contributed by atoms with Crippen molar-refractivity contribution < 1.29 is 0 Å². The number of nitrogens with one attached hydrogen (secondary N) is 1. The Bertz CT molecular complexity index is 529. The summed E-state index contributed by atoms with van der Waals surface area (Å²) in [4.78, 5) is 0. The maximum absolute atomic E-state index is 4.50. The summed E-state index contributed by atoms with van der Waals surface area (Å²) in [5.74, 6) is 0. The first-order chi connectivity index (χ1) is 8.60. The molecule has 0 atom stereocenters. The van der Waals surface area contributed by atoms with Crippen molar-refractivity contribution in [3.8, 4) is 0 Å². The molecule has 0 aliphatic rings. The Kier molecular flexibility index (Phi) is 5.42. The van der Waals surface area contributed by atoms with Crippen molar-refractivity contribution in [2.45, 2.75) is 40.3 Å². The molecule has 0 radical (unpaired) electrons. The lowest BCUT2D eigenvalue weighted by Crippen LogP contribution is -2.09. The Morgan fingerprint density at radius 3 is 2.58 bits per heavy atom. The fraction of sp³-hybridized carbons (Fsp3) is 0.538. The fourth-order valence-corrected chi connectivity index (χ4v) is 2.11. The van der Waals surface area contributed by atoms with Crippen LogP contribution in [-0.4, -0.2) is 19.6 Å². The first kappa shape index (κ1) is 15.6. The zero-order valence-electron chi connectivity index (χ0n) is 12.0. The minimum Gasteiger partial charge on any atom is -0.377 e. The molecular weight excluding hydrogens is 262 g/mol. The standard InChI is InChI=1S/C13H21N5.ClH/c1-5-6-18-12(7-10(2)15-18)8-14-13-9-17(4)16-11(13)3;/h7,9,14H,5-6,8H2,1-4H3;1H. The van der Waals surface area contributed by atoms with Gasteiger partial charge in [-0.1, -0.05) is 6.92 Å². The highest BCUT2D eigenvalue weighted by Crippen LogP contribution is 2.14. The summed E-state index contributed by atoms with van der Waals surface area (Å²) in [5.41, 5.74) is 4.40. The van der Waals surface area contributed by atoms with Gasteiger partial charge in [-0.25, -0.2) is 0 Å². The molecule has 0 saturated heterocycles. The van der Waals surface area contributed by atoms with Gasteiger partial charge in [0.15, 0.2) is 0 Å². The Labute approximate surface area is 120 Å². The van der Waals surface area contributed by atoms with Crippen LogP contribution in [0.5, 0.6) is 0 Å². The quantitative estimate of drug-likeness (QED) is 0.918. The van der Waals surface area contributed by atoms with E-state index in [0.29, 0.717) is 0 Å². The molecule has 1 N–H and O–H groups in total. The number of hydrogen-bond acceptors (Lipinski definition) is 3. The van der Waals surface area contributed by atoms with Crippen LogP contribution in [0.15, 0.2) is 12.3 Å². The van der Waals surface area contributed by atoms with Gasteiger partial charge in [-0.3, -0.25) is 9.36 Å². The van der Waals surface area contributed by atoms with Gasteiger partial charge in [0.05, 0.1) is 29.3 Å². The molecule has 2 rings (SSSR count). The predicted octanol–water partition coefficient (Wildman–Crippen LogP) is 2.68. The number of halogens is 1. The van der Waals surface area contributed by atoms with Crippen molar-refractivity contribution in [1.29, 1.82) is 0 Å². The molecule has 19 heavy (non-hydrogen) atoms. The minimum atomic E-state index is 0. The molecule has 0 aliphatic heterocycles. The molecule has 0 bridgehead atoms. The summed E-state index contributed by atoms with van der Waals surface area (Å²) in [6.07, 6.45) is 3.10. The Hall–Kier alpha value is -1.49. The number of anilines is 1. The molecule has 2 aromatic heterocycles. The van der Waals surface area contributed by atoms with Crippen LogP contribution in [0.25, 0.3) is 0 Å². The van der Waals surface area contributed by atoms with Gasteiger partial charge in [-0.05, 0) is 26.3 Å². The lowest BCUT2D eigenvalue weighted by Gasteiger charge is -2.07. The average Bonchev–Trinajstić information content (AvgIpc) is 2.80. The van der Waals surface area contributed by atoms with E-state index < -0.39 is 0 Å². The van der Waals surface area contributed by atoms with E-state index in [0.717, 1.165) is 36.6 Å². The molecule has 0 amide bonds. The third kappa shape index (κ3) is 3.73. The Morgan fingerprint density at radius 1 is 1.26 bits per heavy atom. The van der Waals surface area contributed by atoms with Gasteiger partial charge in [0, 0.05) is 19.8 Å². The molecule has 0 fully saturated rings. The summed E-state index contributed by atoms with van der Waals surface area (Å²) < 4.78 is 3.90. The molecule has 0 saturated carbocycles. The van der Waals surface area contributed by atoms with Gasteiger partial charge in [0.2, 0.25) is 0 Å². The van der Waals surface area contributed by atoms with E-state index in [2.05, 4.69) is 33.2 Å². The normalized spacial score (nSPS) is 10.3. The largest absolute Gasteiger partial charge is 0.377 e. The third-order valence-corrected chi connectivity index (χ3v) is 2.89. The van der Waals surface area contributed by atoms with Crippen LogP contribution in [0.1, 0.15) is 30.4 Å². The van der Waals surface area contributed by atoms with Crippen LogP contribution in [0.3, 0.4) is 0 Å². The highest BCUT2D eigenvalue weighted by Gasteiger charge is 2.07. The molecule has 0 spiro atoms. The van der Waals surface area contributed by atoms with Crippen molar-refractivity contribution in [3.63, 3.8) is 0 Å². The van der Waals surface area contributed by atoms with E-state index in [9.17, 15) is 0 Å². The highest BCUT2D eigenvalue weighted by atomic mass is 35.5. The van der Waals surface area contributed by atoms with E-state index in [1.165, 1.54) is 5.69 Å². The summed E-state index contributed by atoms with van der Waals surface area (Å²) in [6, 6.07) is 2.13. The van der Waals surface area contributed by atoms with Crippen molar-refractivity contribution in [2.24, 2.45) is 7.05 Å². The minimum absolute atomic E-state index is 0. The van der Waals surface area contributed by atoms with E-state index >= 15 is 0 Å². The topological polar surface area (TPSA) is 47.7 Å². The van der Waals surface area contributed by atoms with Crippen LogP contribution in [0, 0.1) is 13.8 Å². The number of aryl methyl sites for hydroxylation is 4. The van der Waals surface area contributed by atoms with Gasteiger partial charge in [-0.15, -0.1) is 12.4 Å². The van der Waals surface area contributed by atoms with Crippen molar-refractivity contribution in [2.75, 3.05) is 5.32 Å². The van der Waals surface area contributed by atoms with E-state index in [1.54, 1.807) is 0 Å². The molecule has 2 heterocycles. The van der Waals surface area contributed by atoms with Crippen LogP contribution in [0.2, 0.25) is 0 Å². The van der Waals surface area contributed by atoms with Crippen LogP contribution in [-0.2, 0) is 20.1 Å². The summed E-state index contributed by atoms with van der Waals surface area (Å²) >= 11 is 0. The molecule has 0 aromatic carbocycles. The molecule has 0 aliphatic carbocycles. The second-order valence-corrected chi connectivity index (χ2v) is 4.66. The molecule has 0 unspecified atom stereocenters. The van der Waals surface area contributed by atoms with E-state index in [1.807, 2.05) is 31.8 Å². The zero-order valence-corrected chi connectivity index (χ0v) is 12.8.